The zero-order valence-electron chi connectivity index (χ0n) is 12.4. The minimum Gasteiger partial charge on any atom is -0.410 e. The number of rotatable bonds is 0. The zero-order valence-corrected chi connectivity index (χ0v) is 13.4. The van der Waals surface area contributed by atoms with Crippen molar-refractivity contribution < 1.29 is 9.22 Å². The molecule has 0 aromatic rings. The predicted molar refractivity (Wildman–Crippen MR) is 70.6 cm³/mol. The molecule has 2 nitrogen and oxygen atoms in total. The molecule has 1 N–H and O–H groups in total. The summed E-state index contributed by atoms with van der Waals surface area (Å²) in [4.78, 5) is 10.7. The maximum atomic E-state index is 10.7. The lowest BCUT2D eigenvalue weighted by atomic mass is 9.55. The fraction of sp³-hybridized carbons (Fsp3) is 1.00. The molecule has 96 valence electrons. The first-order chi connectivity index (χ1) is 6.71. The van der Waals surface area contributed by atoms with Gasteiger partial charge in [0.2, 0.25) is 0 Å². The molecule has 1 fully saturated rings. The van der Waals surface area contributed by atoms with Gasteiger partial charge in [0.05, 0.1) is 5.60 Å². The lowest BCUT2D eigenvalue weighted by Crippen LogP contribution is -2.70. The van der Waals surface area contributed by atoms with Gasteiger partial charge in [0.1, 0.15) is 0 Å². The van der Waals surface area contributed by atoms with Gasteiger partial charge in [-0.2, -0.15) is 0 Å². The Hall–Kier alpha value is 0.137. The second-order valence-electron chi connectivity index (χ2n) is 7.47. The largest absolute Gasteiger partial charge is 0.410 e. The molecule has 1 saturated heterocycles. The molecule has 0 radical (unpaired) electrons. The van der Waals surface area contributed by atoms with E-state index in [1.54, 1.807) is 0 Å². The van der Waals surface area contributed by atoms with E-state index in [1.165, 1.54) is 0 Å². The lowest BCUT2D eigenvalue weighted by Gasteiger charge is -2.66. The topological polar surface area (TPSA) is 29.5 Å². The molecule has 1 unspecified atom stereocenters. The third-order valence-corrected chi connectivity index (χ3v) is 10.1. The first kappa shape index (κ1) is 14.2. The molecule has 0 spiro atoms. The standard InChI is InChI=1S/C13H28O2Si/c1-10(2)11(3,4)13(7,8)16(9,14)15-12(10,5)6/h14H,1-9H3. The van der Waals surface area contributed by atoms with Crippen molar-refractivity contribution in [1.29, 1.82) is 0 Å². The summed E-state index contributed by atoms with van der Waals surface area (Å²) in [6.07, 6.45) is 0. The fourth-order valence-electron chi connectivity index (χ4n) is 2.87. The van der Waals surface area contributed by atoms with Crippen LogP contribution in [-0.2, 0) is 4.43 Å². The highest BCUT2D eigenvalue weighted by Crippen LogP contribution is 2.67. The SMILES string of the molecule is CC1(C)O[Si](C)(O)C(C)(C)C(C)(C)C1(C)C. The van der Waals surface area contributed by atoms with E-state index in [1.807, 2.05) is 6.55 Å². The zero-order chi connectivity index (χ0) is 13.2. The van der Waals surface area contributed by atoms with Crippen molar-refractivity contribution in [2.75, 3.05) is 0 Å². The van der Waals surface area contributed by atoms with Crippen LogP contribution in [0.2, 0.25) is 11.6 Å². The summed E-state index contributed by atoms with van der Waals surface area (Å²) in [5, 5.41) is -0.168. The van der Waals surface area contributed by atoms with Crippen LogP contribution >= 0.6 is 0 Å². The van der Waals surface area contributed by atoms with Gasteiger partial charge in [-0.25, -0.2) is 0 Å². The quantitative estimate of drug-likeness (QED) is 0.659. The average molecular weight is 244 g/mol. The summed E-state index contributed by atoms with van der Waals surface area (Å²) >= 11 is 0. The molecule has 1 heterocycles. The van der Waals surface area contributed by atoms with Crippen molar-refractivity contribution in [2.45, 2.75) is 72.6 Å². The van der Waals surface area contributed by atoms with Crippen LogP contribution in [0, 0.1) is 10.8 Å². The molecule has 0 aromatic carbocycles. The molecule has 1 aliphatic heterocycles. The second-order valence-corrected chi connectivity index (χ2v) is 10.9. The van der Waals surface area contributed by atoms with Gasteiger partial charge in [-0.1, -0.05) is 41.5 Å². The Bertz CT molecular complexity index is 273. The summed E-state index contributed by atoms with van der Waals surface area (Å²) in [6, 6.07) is 0. The van der Waals surface area contributed by atoms with Gasteiger partial charge in [0.15, 0.2) is 0 Å². The number of hydrogen-bond donors (Lipinski definition) is 1. The van der Waals surface area contributed by atoms with E-state index in [0.717, 1.165) is 0 Å². The molecule has 0 bridgehead atoms. The molecular formula is C13H28O2Si. The van der Waals surface area contributed by atoms with Gasteiger partial charge >= 0.3 is 8.56 Å². The van der Waals surface area contributed by atoms with Crippen LogP contribution in [-0.4, -0.2) is 19.0 Å². The van der Waals surface area contributed by atoms with Crippen LogP contribution in [0.15, 0.2) is 0 Å². The highest BCUT2D eigenvalue weighted by atomic mass is 28.4. The van der Waals surface area contributed by atoms with Crippen molar-refractivity contribution >= 4 is 8.56 Å². The Morgan fingerprint density at radius 2 is 1.19 bits per heavy atom. The molecule has 0 aromatic heterocycles. The average Bonchev–Trinajstić information content (AvgIpc) is 1.98. The molecule has 1 atom stereocenters. The Morgan fingerprint density at radius 3 is 1.56 bits per heavy atom. The third-order valence-electron chi connectivity index (χ3n) is 6.24. The highest BCUT2D eigenvalue weighted by Gasteiger charge is 2.68. The predicted octanol–water partition coefficient (Wildman–Crippen LogP) is 3.69. The Kier molecular flexibility index (Phi) is 2.77. The molecule has 3 heteroatoms. The molecule has 0 amide bonds. The normalized spacial score (nSPS) is 39.4. The van der Waals surface area contributed by atoms with Gasteiger partial charge < -0.3 is 9.22 Å². The van der Waals surface area contributed by atoms with E-state index in [0.29, 0.717) is 0 Å². The summed E-state index contributed by atoms with van der Waals surface area (Å²) in [6.45, 7) is 19.4. The Morgan fingerprint density at radius 1 is 0.812 bits per heavy atom. The van der Waals surface area contributed by atoms with Gasteiger partial charge in [-0.15, -0.1) is 0 Å². The minimum atomic E-state index is -2.68. The summed E-state index contributed by atoms with van der Waals surface area (Å²) < 4.78 is 6.12. The smallest absolute Gasteiger partial charge is 0.339 e. The van der Waals surface area contributed by atoms with Crippen molar-refractivity contribution in [1.82, 2.24) is 0 Å². The number of hydrogen-bond acceptors (Lipinski definition) is 2. The molecule has 16 heavy (non-hydrogen) atoms. The summed E-state index contributed by atoms with van der Waals surface area (Å²) in [7, 11) is -2.68. The molecule has 0 saturated carbocycles. The van der Waals surface area contributed by atoms with E-state index in [-0.39, 0.29) is 21.5 Å². The first-order valence-corrected chi connectivity index (χ1v) is 8.49. The van der Waals surface area contributed by atoms with E-state index in [2.05, 4.69) is 55.4 Å². The van der Waals surface area contributed by atoms with Crippen LogP contribution in [0.5, 0.6) is 0 Å². The van der Waals surface area contributed by atoms with Crippen LogP contribution < -0.4 is 0 Å². The molecule has 0 aliphatic carbocycles. The Balaban J connectivity index is 3.43. The Labute approximate surface area is 102 Å². The van der Waals surface area contributed by atoms with E-state index >= 15 is 0 Å². The van der Waals surface area contributed by atoms with Gasteiger partial charge in [-0.05, 0) is 31.2 Å². The van der Waals surface area contributed by atoms with Gasteiger partial charge in [-0.3, -0.25) is 0 Å². The van der Waals surface area contributed by atoms with Gasteiger partial charge in [0, 0.05) is 5.04 Å². The maximum absolute atomic E-state index is 10.7. The first-order valence-electron chi connectivity index (χ1n) is 6.13. The van der Waals surface area contributed by atoms with Gasteiger partial charge in [0.25, 0.3) is 0 Å². The molecular weight excluding hydrogens is 216 g/mol. The van der Waals surface area contributed by atoms with Crippen LogP contribution in [0.25, 0.3) is 0 Å². The second kappa shape index (κ2) is 3.12. The third kappa shape index (κ3) is 1.37. The van der Waals surface area contributed by atoms with Crippen LogP contribution in [0.4, 0.5) is 0 Å². The summed E-state index contributed by atoms with van der Waals surface area (Å²) in [5.74, 6) is 0. The van der Waals surface area contributed by atoms with E-state index in [9.17, 15) is 4.80 Å². The molecule has 1 aliphatic rings. The van der Waals surface area contributed by atoms with Crippen molar-refractivity contribution in [2.24, 2.45) is 10.8 Å². The fourth-order valence-corrected chi connectivity index (χ4v) is 5.84. The molecule has 1 rings (SSSR count). The van der Waals surface area contributed by atoms with E-state index in [4.69, 9.17) is 4.43 Å². The minimum absolute atomic E-state index is 0.0126. The monoisotopic (exact) mass is 244 g/mol. The van der Waals surface area contributed by atoms with E-state index < -0.39 is 8.56 Å². The lowest BCUT2D eigenvalue weighted by molar-refractivity contribution is -0.155. The van der Waals surface area contributed by atoms with Crippen LogP contribution in [0.3, 0.4) is 0 Å². The van der Waals surface area contributed by atoms with Crippen molar-refractivity contribution in [3.63, 3.8) is 0 Å². The van der Waals surface area contributed by atoms with Crippen molar-refractivity contribution in [3.8, 4) is 0 Å². The van der Waals surface area contributed by atoms with Crippen molar-refractivity contribution in [3.05, 3.63) is 0 Å². The summed E-state index contributed by atoms with van der Waals surface area (Å²) in [5.41, 5.74) is -0.252. The maximum Gasteiger partial charge on any atom is 0.339 e. The van der Waals surface area contributed by atoms with Crippen LogP contribution in [0.1, 0.15) is 55.4 Å². The highest BCUT2D eigenvalue weighted by molar-refractivity contribution is 6.68.